The lowest BCUT2D eigenvalue weighted by Crippen LogP contribution is -2.56. The summed E-state index contributed by atoms with van der Waals surface area (Å²) in [7, 11) is 0. The van der Waals surface area contributed by atoms with Crippen LogP contribution >= 0.6 is 0 Å². The molecule has 31 heavy (non-hydrogen) atoms. The van der Waals surface area contributed by atoms with Crippen molar-refractivity contribution in [1.29, 1.82) is 0 Å². The minimum Gasteiger partial charge on any atom is -0.447 e. The predicted molar refractivity (Wildman–Crippen MR) is 114 cm³/mol. The third-order valence-electron chi connectivity index (χ3n) is 5.41. The number of amidine groups is 1. The number of hydrogen-bond donors (Lipinski definition) is 2. The van der Waals surface area contributed by atoms with Crippen molar-refractivity contribution in [3.8, 4) is 0 Å². The van der Waals surface area contributed by atoms with E-state index < -0.39 is 18.3 Å². The van der Waals surface area contributed by atoms with Crippen LogP contribution < -0.4 is 16.7 Å². The number of nitrogens with zero attached hydrogens (tertiary/aromatic N) is 5. The van der Waals surface area contributed by atoms with Gasteiger partial charge in [-0.3, -0.25) is 4.79 Å². The van der Waals surface area contributed by atoms with Crippen molar-refractivity contribution in [2.75, 3.05) is 18.1 Å². The summed E-state index contributed by atoms with van der Waals surface area (Å²) >= 11 is 0. The second kappa shape index (κ2) is 9.46. The molecule has 1 saturated heterocycles. The van der Waals surface area contributed by atoms with Crippen LogP contribution in [0.25, 0.3) is 0 Å². The zero-order valence-electron chi connectivity index (χ0n) is 18.1. The van der Waals surface area contributed by atoms with E-state index in [1.54, 1.807) is 37.8 Å². The third kappa shape index (κ3) is 5.22. The van der Waals surface area contributed by atoms with E-state index in [-0.39, 0.29) is 24.6 Å². The average molecular weight is 436 g/mol. The van der Waals surface area contributed by atoms with Crippen molar-refractivity contribution in [1.82, 2.24) is 14.8 Å². The van der Waals surface area contributed by atoms with Crippen molar-refractivity contribution in [2.24, 2.45) is 16.8 Å². The first kappa shape index (κ1) is 22.7. The lowest BCUT2D eigenvalue weighted by Gasteiger charge is -2.40. The second-order valence-corrected chi connectivity index (χ2v) is 8.15. The second-order valence-electron chi connectivity index (χ2n) is 8.15. The molecule has 2 unspecified atom stereocenters. The maximum Gasteiger partial charge on any atom is 0.410 e. The maximum atomic E-state index is 15.1. The van der Waals surface area contributed by atoms with Gasteiger partial charge in [0.25, 0.3) is 5.91 Å². The first-order valence-corrected chi connectivity index (χ1v) is 10.4. The van der Waals surface area contributed by atoms with Gasteiger partial charge in [0.1, 0.15) is 17.8 Å². The molecule has 0 bridgehead atoms. The molecule has 0 radical (unpaired) electrons. The Balaban J connectivity index is 1.71. The number of aromatic nitrogens is 1. The quantitative estimate of drug-likeness (QED) is 0.311. The molecule has 0 aromatic carbocycles. The Labute approximate surface area is 181 Å². The van der Waals surface area contributed by atoms with Crippen molar-refractivity contribution in [3.05, 3.63) is 23.9 Å². The van der Waals surface area contributed by atoms with E-state index in [2.05, 4.69) is 10.1 Å². The van der Waals surface area contributed by atoms with Gasteiger partial charge in [0.15, 0.2) is 0 Å². The standard InChI is InChI=1S/C20H30FN7O3/c1-12(2)31-20(30)26-9-8-17(16(21)11-26)27(15-5-6-15)19(29)14-4-7-18(24-10-14)28(23)13(3)25-22/h4,7,10,12,15-17H,5-6,8-9,11,22-23H2,1-3H3. The Morgan fingerprint density at radius 2 is 2.03 bits per heavy atom. The van der Waals surface area contributed by atoms with E-state index in [1.165, 1.54) is 16.1 Å². The molecule has 2 amide bonds. The lowest BCUT2D eigenvalue weighted by atomic mass is 10.00. The molecular weight excluding hydrogens is 405 g/mol. The molecule has 11 heteroatoms. The monoisotopic (exact) mass is 435 g/mol. The molecule has 2 aliphatic rings. The van der Waals surface area contributed by atoms with Gasteiger partial charge in [-0.05, 0) is 52.2 Å². The van der Waals surface area contributed by atoms with E-state index in [9.17, 15) is 9.59 Å². The number of likely N-dealkylation sites (tertiary alicyclic amines) is 1. The summed E-state index contributed by atoms with van der Waals surface area (Å²) in [4.78, 5) is 32.5. The average Bonchev–Trinajstić information content (AvgIpc) is 3.58. The summed E-state index contributed by atoms with van der Waals surface area (Å²) in [6.07, 6.45) is 1.29. The van der Waals surface area contributed by atoms with E-state index in [1.807, 2.05) is 0 Å². The number of alkyl halides is 1. The highest BCUT2D eigenvalue weighted by atomic mass is 19.1. The number of halogens is 1. The lowest BCUT2D eigenvalue weighted by molar-refractivity contribution is 0.0153. The Morgan fingerprint density at radius 1 is 1.32 bits per heavy atom. The van der Waals surface area contributed by atoms with E-state index in [0.717, 1.165) is 12.8 Å². The molecule has 10 nitrogen and oxygen atoms in total. The molecule has 1 aliphatic heterocycles. The van der Waals surface area contributed by atoms with Crippen LogP contribution in [0.2, 0.25) is 0 Å². The molecule has 1 saturated carbocycles. The summed E-state index contributed by atoms with van der Waals surface area (Å²) < 4.78 is 20.3. The highest BCUT2D eigenvalue weighted by Crippen LogP contribution is 2.34. The smallest absolute Gasteiger partial charge is 0.410 e. The highest BCUT2D eigenvalue weighted by Gasteiger charge is 2.44. The number of hydrazone groups is 1. The van der Waals surface area contributed by atoms with Crippen molar-refractivity contribution >= 4 is 23.7 Å². The topological polar surface area (TPSA) is 130 Å². The van der Waals surface area contributed by atoms with Gasteiger partial charge >= 0.3 is 6.09 Å². The molecule has 2 fully saturated rings. The van der Waals surface area contributed by atoms with Gasteiger partial charge in [-0.1, -0.05) is 0 Å². The zero-order chi connectivity index (χ0) is 22.7. The SMILES string of the molecule is CC(=NN)N(N)c1ccc(C(=O)N(C2CC2)C2CCN(C(=O)OC(C)C)CC2F)cn1. The summed E-state index contributed by atoms with van der Waals surface area (Å²) in [5.74, 6) is 11.5. The zero-order valence-corrected chi connectivity index (χ0v) is 18.1. The predicted octanol–water partition coefficient (Wildman–Crippen LogP) is 1.62. The van der Waals surface area contributed by atoms with Crippen LogP contribution in [0.1, 0.15) is 50.4 Å². The molecule has 1 aliphatic carbocycles. The van der Waals surface area contributed by atoms with Crippen LogP contribution in [-0.2, 0) is 4.74 Å². The van der Waals surface area contributed by atoms with Gasteiger partial charge in [-0.15, -0.1) is 0 Å². The number of piperidine rings is 1. The number of nitrogens with two attached hydrogens (primary N) is 2. The molecule has 0 spiro atoms. The molecule has 4 N–H and O–H groups in total. The first-order chi connectivity index (χ1) is 14.7. The summed E-state index contributed by atoms with van der Waals surface area (Å²) in [5, 5.41) is 4.71. The molecule has 3 rings (SSSR count). The van der Waals surface area contributed by atoms with Gasteiger partial charge in [0.05, 0.1) is 24.3 Å². The first-order valence-electron chi connectivity index (χ1n) is 10.4. The van der Waals surface area contributed by atoms with Crippen LogP contribution in [0.15, 0.2) is 23.4 Å². The van der Waals surface area contributed by atoms with Gasteiger partial charge in [0, 0.05) is 18.8 Å². The van der Waals surface area contributed by atoms with Gasteiger partial charge in [-0.2, -0.15) is 5.10 Å². The highest BCUT2D eigenvalue weighted by molar-refractivity contribution is 5.96. The Hall–Kier alpha value is -2.95. The molecular formula is C20H30FN7O3. The molecule has 1 aromatic rings. The number of hydrazine groups is 1. The van der Waals surface area contributed by atoms with Gasteiger partial charge < -0.3 is 20.4 Å². The van der Waals surface area contributed by atoms with Crippen LogP contribution in [0.5, 0.6) is 0 Å². The Morgan fingerprint density at radius 3 is 2.55 bits per heavy atom. The fourth-order valence-electron chi connectivity index (χ4n) is 3.62. The number of hydrogen-bond acceptors (Lipinski definition) is 7. The largest absolute Gasteiger partial charge is 0.447 e. The molecule has 1 aromatic heterocycles. The third-order valence-corrected chi connectivity index (χ3v) is 5.41. The van der Waals surface area contributed by atoms with Crippen molar-refractivity contribution in [2.45, 2.75) is 64.4 Å². The summed E-state index contributed by atoms with van der Waals surface area (Å²) in [6.45, 7) is 5.37. The van der Waals surface area contributed by atoms with Crippen LogP contribution in [0.4, 0.5) is 15.0 Å². The normalized spacial score (nSPS) is 21.7. The minimum atomic E-state index is -1.35. The number of anilines is 1. The van der Waals surface area contributed by atoms with E-state index >= 15 is 4.39 Å². The number of rotatable bonds is 5. The molecule has 170 valence electrons. The number of amides is 2. The fourth-order valence-corrected chi connectivity index (χ4v) is 3.62. The summed E-state index contributed by atoms with van der Waals surface area (Å²) in [6, 6.07) is 2.60. The number of pyridine rings is 1. The van der Waals surface area contributed by atoms with Crippen molar-refractivity contribution in [3.63, 3.8) is 0 Å². The fraction of sp³-hybridized carbons (Fsp3) is 0.600. The van der Waals surface area contributed by atoms with Crippen LogP contribution in [0.3, 0.4) is 0 Å². The summed E-state index contributed by atoms with van der Waals surface area (Å²) in [5.41, 5.74) is 0.347. The van der Waals surface area contributed by atoms with E-state index in [4.69, 9.17) is 16.4 Å². The number of carbonyl (C=O) groups excluding carboxylic acids is 2. The number of carbonyl (C=O) groups is 2. The molecule has 2 atom stereocenters. The van der Waals surface area contributed by atoms with Crippen molar-refractivity contribution < 1.29 is 18.7 Å². The minimum absolute atomic E-state index is 0.00205. The number of ether oxygens (including phenoxy) is 1. The molecule has 2 heterocycles. The maximum absolute atomic E-state index is 15.1. The van der Waals surface area contributed by atoms with Gasteiger partial charge in [-0.25, -0.2) is 25.0 Å². The van der Waals surface area contributed by atoms with Crippen LogP contribution in [-0.4, -0.2) is 70.1 Å². The Kier molecular flexibility index (Phi) is 6.94. The van der Waals surface area contributed by atoms with Crippen LogP contribution in [0, 0.1) is 0 Å². The van der Waals surface area contributed by atoms with E-state index in [0.29, 0.717) is 30.2 Å². The Bertz CT molecular complexity index is 829. The van der Waals surface area contributed by atoms with Gasteiger partial charge in [0.2, 0.25) is 0 Å².